The highest BCUT2D eigenvalue weighted by atomic mass is 15.3. The highest BCUT2D eigenvalue weighted by Crippen LogP contribution is 2.36. The number of rotatable bonds is 8. The van der Waals surface area contributed by atoms with E-state index >= 15 is 0 Å². The summed E-state index contributed by atoms with van der Waals surface area (Å²) >= 11 is 0. The number of hydrogen-bond donors (Lipinski definition) is 1. The molecule has 3 rings (SSSR count). The van der Waals surface area contributed by atoms with Crippen LogP contribution in [0.15, 0.2) is 0 Å². The first kappa shape index (κ1) is 14.8. The Morgan fingerprint density at radius 3 is 2.30 bits per heavy atom. The van der Waals surface area contributed by atoms with Gasteiger partial charge in [-0.3, -0.25) is 9.80 Å². The number of nitrogens with zero attached hydrogens (tertiary/aromatic N) is 2. The molecule has 20 heavy (non-hydrogen) atoms. The molecule has 0 aromatic carbocycles. The lowest BCUT2D eigenvalue weighted by molar-refractivity contribution is 0.0996. The van der Waals surface area contributed by atoms with E-state index < -0.39 is 0 Å². The van der Waals surface area contributed by atoms with Crippen LogP contribution in [0.2, 0.25) is 0 Å². The van der Waals surface area contributed by atoms with Gasteiger partial charge in [-0.1, -0.05) is 13.8 Å². The Labute approximate surface area is 125 Å². The summed E-state index contributed by atoms with van der Waals surface area (Å²) in [6.07, 6.45) is 9.85. The van der Waals surface area contributed by atoms with Crippen molar-refractivity contribution in [3.8, 4) is 0 Å². The maximum absolute atomic E-state index is 3.76. The van der Waals surface area contributed by atoms with Crippen molar-refractivity contribution in [3.05, 3.63) is 0 Å². The van der Waals surface area contributed by atoms with Crippen LogP contribution in [0.4, 0.5) is 0 Å². The highest BCUT2D eigenvalue weighted by molar-refractivity contribution is 4.98. The quantitative estimate of drug-likeness (QED) is 0.736. The predicted octanol–water partition coefficient (Wildman–Crippen LogP) is 2.47. The van der Waals surface area contributed by atoms with Gasteiger partial charge in [0.15, 0.2) is 0 Å². The van der Waals surface area contributed by atoms with Gasteiger partial charge in [0.1, 0.15) is 0 Å². The molecule has 2 bridgehead atoms. The van der Waals surface area contributed by atoms with Crippen LogP contribution in [0.5, 0.6) is 0 Å². The van der Waals surface area contributed by atoms with E-state index in [2.05, 4.69) is 29.0 Å². The monoisotopic (exact) mass is 279 g/mol. The molecule has 0 spiro atoms. The Morgan fingerprint density at radius 1 is 1.05 bits per heavy atom. The van der Waals surface area contributed by atoms with Crippen LogP contribution in [-0.2, 0) is 0 Å². The molecule has 1 saturated carbocycles. The summed E-state index contributed by atoms with van der Waals surface area (Å²) in [5, 5.41) is 3.76. The Morgan fingerprint density at radius 2 is 1.75 bits per heavy atom. The molecule has 1 N–H and O–H groups in total. The molecule has 0 amide bonds. The lowest BCUT2D eigenvalue weighted by Gasteiger charge is -2.40. The van der Waals surface area contributed by atoms with E-state index in [-0.39, 0.29) is 0 Å². The number of likely N-dealkylation sites (N-methyl/N-ethyl adjacent to an activating group) is 1. The van der Waals surface area contributed by atoms with Gasteiger partial charge in [-0.25, -0.2) is 0 Å². The molecule has 116 valence electrons. The van der Waals surface area contributed by atoms with Crippen LogP contribution in [-0.4, -0.2) is 60.1 Å². The van der Waals surface area contributed by atoms with Crippen LogP contribution in [0.1, 0.15) is 58.8 Å². The van der Waals surface area contributed by atoms with Crippen molar-refractivity contribution >= 4 is 0 Å². The van der Waals surface area contributed by atoms with Crippen LogP contribution in [0.3, 0.4) is 0 Å². The fraction of sp³-hybridized carbons (Fsp3) is 1.00. The second-order valence-electron chi connectivity index (χ2n) is 7.11. The molecule has 0 aromatic heterocycles. The van der Waals surface area contributed by atoms with Crippen molar-refractivity contribution in [3.63, 3.8) is 0 Å². The van der Waals surface area contributed by atoms with Crippen molar-refractivity contribution in [1.82, 2.24) is 15.1 Å². The molecule has 0 aromatic rings. The minimum absolute atomic E-state index is 0.800. The Bertz CT molecular complexity index is 289. The Hall–Kier alpha value is -0.120. The first-order valence-electron chi connectivity index (χ1n) is 9.05. The third kappa shape index (κ3) is 3.37. The Kier molecular flexibility index (Phi) is 5.00. The summed E-state index contributed by atoms with van der Waals surface area (Å²) in [6, 6.07) is 3.48. The van der Waals surface area contributed by atoms with Gasteiger partial charge in [-0.2, -0.15) is 0 Å². The van der Waals surface area contributed by atoms with E-state index in [0.29, 0.717) is 0 Å². The zero-order valence-corrected chi connectivity index (χ0v) is 13.5. The van der Waals surface area contributed by atoms with Gasteiger partial charge in [0, 0.05) is 37.3 Å². The molecule has 3 aliphatic rings. The van der Waals surface area contributed by atoms with Gasteiger partial charge in [-0.15, -0.1) is 0 Å². The third-order valence-electron chi connectivity index (χ3n) is 5.68. The van der Waals surface area contributed by atoms with Crippen molar-refractivity contribution in [2.24, 2.45) is 0 Å². The summed E-state index contributed by atoms with van der Waals surface area (Å²) in [5.74, 6) is 0. The zero-order valence-electron chi connectivity index (χ0n) is 13.5. The molecule has 3 nitrogen and oxygen atoms in total. The van der Waals surface area contributed by atoms with Crippen LogP contribution in [0, 0.1) is 0 Å². The number of piperidine rings is 1. The van der Waals surface area contributed by atoms with Crippen LogP contribution < -0.4 is 5.32 Å². The van der Waals surface area contributed by atoms with Gasteiger partial charge >= 0.3 is 0 Å². The molecule has 3 heteroatoms. The molecule has 2 atom stereocenters. The summed E-state index contributed by atoms with van der Waals surface area (Å²) in [6.45, 7) is 9.67. The van der Waals surface area contributed by atoms with Crippen molar-refractivity contribution in [2.75, 3.05) is 26.2 Å². The molecular formula is C17H33N3. The largest absolute Gasteiger partial charge is 0.314 e. The fourth-order valence-corrected chi connectivity index (χ4v) is 4.44. The number of nitrogens with one attached hydrogen (secondary N) is 1. The normalized spacial score (nSPS) is 34.0. The fourth-order valence-electron chi connectivity index (χ4n) is 4.44. The SMILES string of the molecule is CCCNC1CC2CCC(C1)N2CCN(CC)C1CC1. The maximum Gasteiger partial charge on any atom is 0.0115 e. The number of fused-ring (bicyclic) bond motifs is 2. The topological polar surface area (TPSA) is 18.5 Å². The lowest BCUT2D eigenvalue weighted by Crippen LogP contribution is -2.51. The molecule has 0 radical (unpaired) electrons. The summed E-state index contributed by atoms with van der Waals surface area (Å²) in [4.78, 5) is 5.57. The van der Waals surface area contributed by atoms with Gasteiger partial charge in [0.05, 0.1) is 0 Å². The van der Waals surface area contributed by atoms with Crippen LogP contribution >= 0.6 is 0 Å². The van der Waals surface area contributed by atoms with E-state index in [1.807, 2.05) is 0 Å². The lowest BCUT2D eigenvalue weighted by atomic mass is 9.97. The zero-order chi connectivity index (χ0) is 13.9. The van der Waals surface area contributed by atoms with Gasteiger partial charge in [0.25, 0.3) is 0 Å². The van der Waals surface area contributed by atoms with Gasteiger partial charge < -0.3 is 5.32 Å². The van der Waals surface area contributed by atoms with E-state index in [4.69, 9.17) is 0 Å². The molecule has 2 saturated heterocycles. The second-order valence-corrected chi connectivity index (χ2v) is 7.11. The van der Waals surface area contributed by atoms with E-state index in [1.54, 1.807) is 0 Å². The van der Waals surface area contributed by atoms with Crippen molar-refractivity contribution in [2.45, 2.75) is 83.0 Å². The van der Waals surface area contributed by atoms with E-state index in [0.717, 1.165) is 24.2 Å². The van der Waals surface area contributed by atoms with Crippen molar-refractivity contribution < 1.29 is 0 Å². The average molecular weight is 279 g/mol. The summed E-state index contributed by atoms with van der Waals surface area (Å²) in [7, 11) is 0. The molecule has 1 aliphatic carbocycles. The van der Waals surface area contributed by atoms with E-state index in [9.17, 15) is 0 Å². The molecule has 2 unspecified atom stereocenters. The molecular weight excluding hydrogens is 246 g/mol. The smallest absolute Gasteiger partial charge is 0.0115 e. The first-order chi connectivity index (χ1) is 9.81. The van der Waals surface area contributed by atoms with Gasteiger partial charge in [-0.05, 0) is 58.0 Å². The third-order valence-corrected chi connectivity index (χ3v) is 5.68. The Balaban J connectivity index is 1.46. The van der Waals surface area contributed by atoms with Gasteiger partial charge in [0.2, 0.25) is 0 Å². The molecule has 2 aliphatic heterocycles. The average Bonchev–Trinajstić information content (AvgIpc) is 3.25. The first-order valence-corrected chi connectivity index (χ1v) is 9.05. The standard InChI is InChI=1S/C17H33N3/c1-3-9-18-14-12-16-7-8-17(13-14)20(16)11-10-19(4-2)15-5-6-15/h14-18H,3-13H2,1-2H3. The predicted molar refractivity (Wildman–Crippen MR) is 85.1 cm³/mol. The van der Waals surface area contributed by atoms with E-state index in [1.165, 1.54) is 71.1 Å². The minimum Gasteiger partial charge on any atom is -0.314 e. The minimum atomic E-state index is 0.800. The number of hydrogen-bond acceptors (Lipinski definition) is 3. The molecule has 2 heterocycles. The highest BCUT2D eigenvalue weighted by Gasteiger charge is 2.40. The summed E-state index contributed by atoms with van der Waals surface area (Å²) in [5.41, 5.74) is 0. The molecule has 3 fully saturated rings. The second kappa shape index (κ2) is 6.76. The van der Waals surface area contributed by atoms with Crippen LogP contribution in [0.25, 0.3) is 0 Å². The maximum atomic E-state index is 3.76. The summed E-state index contributed by atoms with van der Waals surface area (Å²) < 4.78 is 0. The van der Waals surface area contributed by atoms with Crippen molar-refractivity contribution in [1.29, 1.82) is 0 Å².